The molecule has 0 bridgehead atoms. The number of aliphatic hydroxyl groups is 1. The van der Waals surface area contributed by atoms with E-state index in [0.717, 1.165) is 42.4 Å². The topological polar surface area (TPSA) is 32.3 Å². The highest BCUT2D eigenvalue weighted by Gasteiger charge is 2.59. The van der Waals surface area contributed by atoms with E-state index in [1.165, 1.54) is 51.6 Å². The minimum absolute atomic E-state index is 0.0955. The van der Waals surface area contributed by atoms with E-state index in [0.29, 0.717) is 10.8 Å². The molecule has 0 aromatic rings. The molecule has 150 valence electrons. The van der Waals surface area contributed by atoms with Crippen molar-refractivity contribution in [1.82, 2.24) is 5.32 Å². The summed E-state index contributed by atoms with van der Waals surface area (Å²) >= 11 is 0. The third-order valence-corrected chi connectivity index (χ3v) is 9.86. The van der Waals surface area contributed by atoms with Crippen LogP contribution < -0.4 is 5.32 Å². The predicted octanol–water partition coefficient (Wildman–Crippen LogP) is 5.09. The zero-order valence-electron chi connectivity index (χ0n) is 17.6. The van der Waals surface area contributed by atoms with E-state index < -0.39 is 0 Å². The van der Waals surface area contributed by atoms with Crippen LogP contribution in [0.25, 0.3) is 0 Å². The van der Waals surface area contributed by atoms with Crippen molar-refractivity contribution < 1.29 is 5.11 Å². The number of rotatable bonds is 2. The Hall–Kier alpha value is -0.600. The molecule has 0 amide bonds. The highest BCUT2D eigenvalue weighted by atomic mass is 16.3. The van der Waals surface area contributed by atoms with Crippen molar-refractivity contribution >= 4 is 0 Å². The number of fused-ring (bicyclic) bond motifs is 5. The summed E-state index contributed by atoms with van der Waals surface area (Å²) in [6.07, 6.45) is 15.1. The second-order valence-corrected chi connectivity index (χ2v) is 10.9. The maximum absolute atomic E-state index is 10.3. The summed E-state index contributed by atoms with van der Waals surface area (Å²) < 4.78 is 0. The molecule has 5 rings (SSSR count). The Balaban J connectivity index is 1.50. The van der Waals surface area contributed by atoms with Crippen molar-refractivity contribution in [1.29, 1.82) is 0 Å². The summed E-state index contributed by atoms with van der Waals surface area (Å²) in [7, 11) is 0. The molecule has 0 radical (unpaired) electrons. The summed E-state index contributed by atoms with van der Waals surface area (Å²) in [6.45, 7) is 10.00. The van der Waals surface area contributed by atoms with E-state index in [2.05, 4.69) is 38.2 Å². The molecular weight excluding hydrogens is 330 g/mol. The van der Waals surface area contributed by atoms with Crippen LogP contribution in [0.3, 0.4) is 0 Å². The molecule has 1 aliphatic heterocycles. The first-order valence-electron chi connectivity index (χ1n) is 11.8. The van der Waals surface area contributed by atoms with Crippen molar-refractivity contribution in [2.75, 3.05) is 13.1 Å². The monoisotopic (exact) mass is 369 g/mol. The predicted molar refractivity (Wildman–Crippen MR) is 111 cm³/mol. The van der Waals surface area contributed by atoms with Gasteiger partial charge < -0.3 is 10.4 Å². The van der Waals surface area contributed by atoms with Gasteiger partial charge >= 0.3 is 0 Å². The first kappa shape index (κ1) is 18.4. The summed E-state index contributed by atoms with van der Waals surface area (Å²) in [5, 5.41) is 13.9. The van der Waals surface area contributed by atoms with Gasteiger partial charge in [-0.2, -0.15) is 0 Å². The lowest BCUT2D eigenvalue weighted by atomic mass is 9.45. The maximum Gasteiger partial charge on any atom is 0.0577 e. The highest BCUT2D eigenvalue weighted by molar-refractivity contribution is 5.32. The second-order valence-electron chi connectivity index (χ2n) is 10.9. The van der Waals surface area contributed by atoms with Crippen LogP contribution in [0.1, 0.15) is 72.1 Å². The highest BCUT2D eigenvalue weighted by Crippen LogP contribution is 2.67. The van der Waals surface area contributed by atoms with Crippen LogP contribution in [-0.4, -0.2) is 24.3 Å². The minimum atomic E-state index is -0.0955. The molecule has 2 nitrogen and oxygen atoms in total. The zero-order valence-corrected chi connectivity index (χ0v) is 17.6. The molecule has 4 aliphatic carbocycles. The Bertz CT molecular complexity index is 659. The van der Waals surface area contributed by atoms with Crippen LogP contribution in [0.5, 0.6) is 0 Å². The van der Waals surface area contributed by atoms with E-state index in [1.54, 1.807) is 5.57 Å². The SMILES string of the molecule is CC[C@@H]1C=C2C[C@@H](O)CC[C@]2(C)[C@H]2CC[C@]3(C)C(C4CCNC4)=CC[C@H]3[C@H]12. The van der Waals surface area contributed by atoms with Crippen LogP contribution in [0.2, 0.25) is 0 Å². The Morgan fingerprint density at radius 3 is 2.67 bits per heavy atom. The molecule has 8 atom stereocenters. The quantitative estimate of drug-likeness (QED) is 0.664. The number of nitrogens with one attached hydrogen (secondary N) is 1. The fraction of sp³-hybridized carbons (Fsp3) is 0.840. The van der Waals surface area contributed by atoms with Gasteiger partial charge in [0, 0.05) is 6.54 Å². The number of hydrogen-bond donors (Lipinski definition) is 2. The van der Waals surface area contributed by atoms with E-state index in [1.807, 2.05) is 5.57 Å². The first-order chi connectivity index (χ1) is 13.0. The third kappa shape index (κ3) is 2.58. The largest absolute Gasteiger partial charge is 0.393 e. The normalized spacial score (nSPS) is 51.9. The molecule has 0 aromatic heterocycles. The lowest BCUT2D eigenvalue weighted by Gasteiger charge is -2.60. The number of hydrogen-bond acceptors (Lipinski definition) is 2. The van der Waals surface area contributed by atoms with Gasteiger partial charge in [-0.15, -0.1) is 0 Å². The van der Waals surface area contributed by atoms with Crippen molar-refractivity contribution in [2.45, 2.75) is 78.2 Å². The summed E-state index contributed by atoms with van der Waals surface area (Å²) in [5.41, 5.74) is 4.24. The number of aliphatic hydroxyl groups excluding tert-OH is 1. The van der Waals surface area contributed by atoms with Gasteiger partial charge in [-0.05, 0) is 98.3 Å². The van der Waals surface area contributed by atoms with E-state index >= 15 is 0 Å². The molecule has 0 aromatic carbocycles. The standard InChI is InChI=1S/C25H39NO/c1-4-16-13-18-14-19(27)7-10-24(18,2)22-8-11-25(3)20(17-9-12-26-15-17)5-6-21(25)23(16)22/h5,13,16-17,19,21-23,26-27H,4,6-12,14-15H2,1-3H3/t16-,17?,19+,21+,22+,23+,24+,25-/m1/s1. The average molecular weight is 370 g/mol. The van der Waals surface area contributed by atoms with Crippen LogP contribution in [0.4, 0.5) is 0 Å². The van der Waals surface area contributed by atoms with Gasteiger partial charge in [-0.25, -0.2) is 0 Å². The summed E-state index contributed by atoms with van der Waals surface area (Å²) in [4.78, 5) is 0. The van der Waals surface area contributed by atoms with Gasteiger partial charge in [0.25, 0.3) is 0 Å². The zero-order chi connectivity index (χ0) is 18.8. The van der Waals surface area contributed by atoms with Gasteiger partial charge in [0.1, 0.15) is 0 Å². The lowest BCUT2D eigenvalue weighted by Crippen LogP contribution is -2.53. The molecule has 2 heteroatoms. The Morgan fingerprint density at radius 1 is 1.11 bits per heavy atom. The average Bonchev–Trinajstić information content (AvgIpc) is 3.28. The maximum atomic E-state index is 10.3. The van der Waals surface area contributed by atoms with Crippen LogP contribution in [0, 0.1) is 40.4 Å². The van der Waals surface area contributed by atoms with Gasteiger partial charge in [-0.1, -0.05) is 44.1 Å². The minimum Gasteiger partial charge on any atom is -0.393 e. The molecular formula is C25H39NO. The molecule has 3 fully saturated rings. The number of allylic oxidation sites excluding steroid dienone is 2. The fourth-order valence-corrected chi connectivity index (χ4v) is 8.35. The second kappa shape index (κ2) is 6.46. The van der Waals surface area contributed by atoms with Crippen molar-refractivity contribution in [3.8, 4) is 0 Å². The van der Waals surface area contributed by atoms with Gasteiger partial charge in [-0.3, -0.25) is 0 Å². The molecule has 5 aliphatic rings. The van der Waals surface area contributed by atoms with E-state index in [-0.39, 0.29) is 6.10 Å². The van der Waals surface area contributed by atoms with Crippen LogP contribution >= 0.6 is 0 Å². The summed E-state index contributed by atoms with van der Waals surface area (Å²) in [6, 6.07) is 0. The van der Waals surface area contributed by atoms with Crippen molar-refractivity contribution in [3.63, 3.8) is 0 Å². The Labute approximate surface area is 165 Å². The molecule has 1 unspecified atom stereocenters. The summed E-state index contributed by atoms with van der Waals surface area (Å²) in [5.74, 6) is 4.05. The first-order valence-corrected chi connectivity index (χ1v) is 11.8. The Kier molecular flexibility index (Phi) is 4.41. The molecule has 2 saturated carbocycles. The van der Waals surface area contributed by atoms with Gasteiger partial charge in [0.2, 0.25) is 0 Å². The molecule has 2 N–H and O–H groups in total. The molecule has 1 saturated heterocycles. The smallest absolute Gasteiger partial charge is 0.0577 e. The molecule has 27 heavy (non-hydrogen) atoms. The van der Waals surface area contributed by atoms with Crippen LogP contribution in [0.15, 0.2) is 23.3 Å². The Morgan fingerprint density at radius 2 is 1.93 bits per heavy atom. The third-order valence-electron chi connectivity index (χ3n) is 9.86. The van der Waals surface area contributed by atoms with Gasteiger partial charge in [0.05, 0.1) is 6.10 Å². The van der Waals surface area contributed by atoms with E-state index in [9.17, 15) is 5.11 Å². The lowest BCUT2D eigenvalue weighted by molar-refractivity contribution is -0.0535. The van der Waals surface area contributed by atoms with Crippen molar-refractivity contribution in [2.24, 2.45) is 40.4 Å². The van der Waals surface area contributed by atoms with Crippen LogP contribution in [-0.2, 0) is 0 Å². The molecule has 1 heterocycles. The van der Waals surface area contributed by atoms with E-state index in [4.69, 9.17) is 0 Å². The fourth-order valence-electron chi connectivity index (χ4n) is 8.35. The molecule has 0 spiro atoms. The van der Waals surface area contributed by atoms with Gasteiger partial charge in [0.15, 0.2) is 0 Å². The van der Waals surface area contributed by atoms with Crippen molar-refractivity contribution in [3.05, 3.63) is 23.3 Å².